The standard InChI is InChI=1S/C23H21F2NO5S.C23H22FNO5S/c24-17-3-5-20(6-4-17)32(29,30)26-9-7-19(8-10-26)31-22-12-15(13-23(27)28)11-16-1-2-18(25)14-21(16)22;24-18-7-6-17-12-16(14-23(26)27)13-22(21(17)15-18)30-19-8-10-25(11-9-19)31(28,29)20-4-2-1-3-5-20/h1-6,11-12,14,19H,7-10,13H2,(H,27,28);1-7,12-13,15,19H,8-11,14H2,(H,26,27). The zero-order valence-corrected chi connectivity index (χ0v) is 35.3. The van der Waals surface area contributed by atoms with Crippen LogP contribution in [0.1, 0.15) is 36.8 Å². The van der Waals surface area contributed by atoms with Gasteiger partial charge in [-0.2, -0.15) is 8.61 Å². The Hall–Kier alpha value is -6.01. The molecule has 2 aliphatic heterocycles. The van der Waals surface area contributed by atoms with Gasteiger partial charge in [-0.3, -0.25) is 9.59 Å². The number of carboxylic acid groups (broad SMARTS) is 2. The fraction of sp³-hybridized carbons (Fsp3) is 0.261. The van der Waals surface area contributed by atoms with E-state index in [-0.39, 0.29) is 47.9 Å². The van der Waals surface area contributed by atoms with Gasteiger partial charge in [-0.25, -0.2) is 30.0 Å². The molecule has 0 radical (unpaired) electrons. The number of sulfonamides is 2. The largest absolute Gasteiger partial charge is 0.490 e. The third-order valence-corrected chi connectivity index (χ3v) is 14.6. The molecule has 6 aromatic rings. The summed E-state index contributed by atoms with van der Waals surface area (Å²) in [7, 11) is -7.30. The molecule has 0 aromatic heterocycles. The summed E-state index contributed by atoms with van der Waals surface area (Å²) in [6.07, 6.45) is 0.823. The van der Waals surface area contributed by atoms with Crippen LogP contribution in [0.3, 0.4) is 0 Å². The monoisotopic (exact) mass is 904 g/mol. The quantitative estimate of drug-likeness (QED) is 0.124. The smallest absolute Gasteiger partial charge is 0.307 e. The number of aliphatic carboxylic acids is 2. The fourth-order valence-electron chi connectivity index (χ4n) is 7.70. The molecule has 0 bridgehead atoms. The van der Waals surface area contributed by atoms with E-state index >= 15 is 0 Å². The summed E-state index contributed by atoms with van der Waals surface area (Å²) in [6.45, 7) is 1.04. The van der Waals surface area contributed by atoms with E-state index in [9.17, 15) is 39.6 Å². The minimum absolute atomic E-state index is 0.0288. The van der Waals surface area contributed by atoms with Crippen LogP contribution in [-0.4, -0.2) is 86.0 Å². The van der Waals surface area contributed by atoms with Crippen molar-refractivity contribution >= 4 is 53.5 Å². The number of carboxylic acids is 2. The summed E-state index contributed by atoms with van der Waals surface area (Å²) < 4.78 is 107. The second-order valence-corrected chi connectivity index (χ2v) is 19.1. The normalized spacial score (nSPS) is 15.7. The Bertz CT molecular complexity index is 2850. The summed E-state index contributed by atoms with van der Waals surface area (Å²) >= 11 is 0. The van der Waals surface area contributed by atoms with Gasteiger partial charge >= 0.3 is 11.9 Å². The summed E-state index contributed by atoms with van der Waals surface area (Å²) in [5.41, 5.74) is 1.09. The minimum atomic E-state index is -3.74. The van der Waals surface area contributed by atoms with E-state index in [2.05, 4.69) is 0 Å². The maximum Gasteiger partial charge on any atom is 0.307 e. The van der Waals surface area contributed by atoms with E-state index in [0.29, 0.717) is 82.9 Å². The van der Waals surface area contributed by atoms with Gasteiger partial charge in [0.05, 0.1) is 22.6 Å². The first-order valence-corrected chi connectivity index (χ1v) is 23.0. The highest BCUT2D eigenvalue weighted by Crippen LogP contribution is 2.34. The van der Waals surface area contributed by atoms with E-state index in [1.807, 2.05) is 0 Å². The molecule has 0 unspecified atom stereocenters. The molecule has 8 rings (SSSR count). The molecule has 0 saturated carbocycles. The predicted octanol–water partition coefficient (Wildman–Crippen LogP) is 7.82. The minimum Gasteiger partial charge on any atom is -0.490 e. The first kappa shape index (κ1) is 45.0. The van der Waals surface area contributed by atoms with Gasteiger partial charge in [-0.15, -0.1) is 0 Å². The topological polar surface area (TPSA) is 168 Å². The van der Waals surface area contributed by atoms with Gasteiger partial charge in [-0.1, -0.05) is 42.5 Å². The van der Waals surface area contributed by atoms with Crippen LogP contribution in [0.15, 0.2) is 125 Å². The number of hydrogen-bond donors (Lipinski definition) is 2. The Balaban J connectivity index is 0.000000189. The highest BCUT2D eigenvalue weighted by molar-refractivity contribution is 7.89. The van der Waals surface area contributed by atoms with Gasteiger partial charge < -0.3 is 19.7 Å². The zero-order valence-electron chi connectivity index (χ0n) is 33.7. The Labute approximate surface area is 362 Å². The molecule has 17 heteroatoms. The van der Waals surface area contributed by atoms with Crippen LogP contribution in [0, 0.1) is 17.5 Å². The van der Waals surface area contributed by atoms with Crippen LogP contribution in [0.25, 0.3) is 21.5 Å². The molecule has 2 saturated heterocycles. The average Bonchev–Trinajstić information content (AvgIpc) is 3.25. The first-order chi connectivity index (χ1) is 30.0. The third kappa shape index (κ3) is 11.0. The molecule has 2 fully saturated rings. The Kier molecular flexibility index (Phi) is 13.7. The molecule has 330 valence electrons. The van der Waals surface area contributed by atoms with E-state index in [1.54, 1.807) is 66.7 Å². The maximum atomic E-state index is 13.8. The van der Waals surface area contributed by atoms with Crippen LogP contribution in [-0.2, 0) is 42.5 Å². The maximum absolute atomic E-state index is 13.8. The Morgan fingerprint density at radius 2 is 0.905 bits per heavy atom. The first-order valence-electron chi connectivity index (χ1n) is 20.1. The number of ether oxygens (including phenoxy) is 2. The second-order valence-electron chi connectivity index (χ2n) is 15.3. The van der Waals surface area contributed by atoms with E-state index in [4.69, 9.17) is 19.7 Å². The van der Waals surface area contributed by atoms with Gasteiger partial charge in [0.25, 0.3) is 0 Å². The predicted molar refractivity (Wildman–Crippen MR) is 228 cm³/mol. The van der Waals surface area contributed by atoms with Gasteiger partial charge in [0.2, 0.25) is 20.0 Å². The molecule has 0 aliphatic carbocycles. The van der Waals surface area contributed by atoms with Crippen molar-refractivity contribution < 1.29 is 59.3 Å². The van der Waals surface area contributed by atoms with E-state index in [1.165, 1.54) is 45.0 Å². The number of fused-ring (bicyclic) bond motifs is 2. The number of halogens is 3. The number of piperidine rings is 2. The number of nitrogens with zero attached hydrogens (tertiary/aromatic N) is 2. The van der Waals surface area contributed by atoms with Crippen molar-refractivity contribution in [3.05, 3.63) is 144 Å². The average molecular weight is 905 g/mol. The van der Waals surface area contributed by atoms with Crippen molar-refractivity contribution in [3.8, 4) is 11.5 Å². The molecule has 2 N–H and O–H groups in total. The zero-order chi connectivity index (χ0) is 44.9. The van der Waals surface area contributed by atoms with Crippen molar-refractivity contribution in [2.45, 2.75) is 60.5 Å². The molecule has 6 aromatic carbocycles. The Morgan fingerprint density at radius 3 is 1.30 bits per heavy atom. The van der Waals surface area contributed by atoms with E-state index < -0.39 is 49.4 Å². The SMILES string of the molecule is O=C(O)Cc1cc(OC2CCN(S(=O)(=O)c3ccc(F)cc3)CC2)c2cc(F)ccc2c1.O=C(O)Cc1cc(OC2CCN(S(=O)(=O)c3ccccc3)CC2)c2cc(F)ccc2c1. The molecule has 0 atom stereocenters. The molecule has 63 heavy (non-hydrogen) atoms. The summed E-state index contributed by atoms with van der Waals surface area (Å²) in [5, 5.41) is 20.7. The van der Waals surface area contributed by atoms with Crippen molar-refractivity contribution in [3.63, 3.8) is 0 Å². The lowest BCUT2D eigenvalue weighted by Crippen LogP contribution is -2.41. The molecule has 0 spiro atoms. The van der Waals surface area contributed by atoms with E-state index in [0.717, 1.165) is 12.1 Å². The van der Waals surface area contributed by atoms with Crippen LogP contribution in [0.5, 0.6) is 11.5 Å². The van der Waals surface area contributed by atoms with Gasteiger partial charge in [-0.05, 0) is 120 Å². The van der Waals surface area contributed by atoms with Gasteiger partial charge in [0.15, 0.2) is 0 Å². The van der Waals surface area contributed by atoms with Crippen LogP contribution in [0.2, 0.25) is 0 Å². The Morgan fingerprint density at radius 1 is 0.524 bits per heavy atom. The molecular weight excluding hydrogens is 862 g/mol. The fourth-order valence-corrected chi connectivity index (χ4v) is 10.7. The van der Waals surface area contributed by atoms with Crippen LogP contribution >= 0.6 is 0 Å². The van der Waals surface area contributed by atoms with Crippen molar-refractivity contribution in [2.24, 2.45) is 0 Å². The highest BCUT2D eigenvalue weighted by Gasteiger charge is 2.32. The van der Waals surface area contributed by atoms with Crippen LogP contribution in [0.4, 0.5) is 13.2 Å². The number of hydrogen-bond acceptors (Lipinski definition) is 8. The molecule has 2 heterocycles. The second kappa shape index (κ2) is 19.2. The van der Waals surface area contributed by atoms with Crippen molar-refractivity contribution in [2.75, 3.05) is 26.2 Å². The summed E-state index contributed by atoms with van der Waals surface area (Å²) in [4.78, 5) is 22.6. The molecule has 2 aliphatic rings. The van der Waals surface area contributed by atoms with Crippen molar-refractivity contribution in [1.82, 2.24) is 8.61 Å². The molecule has 0 amide bonds. The lowest BCUT2D eigenvalue weighted by molar-refractivity contribution is -0.137. The number of carbonyl (C=O) groups is 2. The number of benzene rings is 6. The molecule has 12 nitrogen and oxygen atoms in total. The van der Waals surface area contributed by atoms with Crippen LogP contribution < -0.4 is 9.47 Å². The lowest BCUT2D eigenvalue weighted by Gasteiger charge is -2.31. The van der Waals surface area contributed by atoms with Crippen molar-refractivity contribution in [1.29, 1.82) is 0 Å². The summed E-state index contributed by atoms with van der Waals surface area (Å²) in [5.74, 6) is -2.52. The third-order valence-electron chi connectivity index (χ3n) is 10.8. The summed E-state index contributed by atoms with van der Waals surface area (Å²) in [6, 6.07) is 28.1. The number of rotatable bonds is 12. The van der Waals surface area contributed by atoms with Gasteiger partial charge in [0, 0.05) is 37.0 Å². The highest BCUT2D eigenvalue weighted by atomic mass is 32.2. The van der Waals surface area contributed by atoms with Gasteiger partial charge in [0.1, 0.15) is 41.2 Å². The molecular formula is C46H43F3N2O10S2. The lowest BCUT2D eigenvalue weighted by atomic mass is 10.0.